The van der Waals surface area contributed by atoms with Crippen LogP contribution >= 0.6 is 0 Å². The number of aldehydes is 1. The van der Waals surface area contributed by atoms with Gasteiger partial charge in [0.2, 0.25) is 0 Å². The lowest BCUT2D eigenvalue weighted by molar-refractivity contribution is -0.107. The summed E-state index contributed by atoms with van der Waals surface area (Å²) in [5.74, 6) is -0.978. The summed E-state index contributed by atoms with van der Waals surface area (Å²) in [6.07, 6.45) is 3.34. The Morgan fingerprint density at radius 3 is 2.80 bits per heavy atom. The van der Waals surface area contributed by atoms with Crippen molar-refractivity contribution in [1.82, 2.24) is 0 Å². The van der Waals surface area contributed by atoms with Gasteiger partial charge in [0.1, 0.15) is 17.6 Å². The van der Waals surface area contributed by atoms with E-state index in [1.165, 1.54) is 6.26 Å². The zero-order chi connectivity index (χ0) is 18.0. The number of hydrogen-bond acceptors (Lipinski definition) is 6. The van der Waals surface area contributed by atoms with Gasteiger partial charge in [0.25, 0.3) is 0 Å². The molecular weight excluding hydrogens is 324 g/mol. The van der Waals surface area contributed by atoms with Gasteiger partial charge in [-0.3, -0.25) is 4.79 Å². The van der Waals surface area contributed by atoms with Gasteiger partial charge >= 0.3 is 0 Å². The lowest BCUT2D eigenvalue weighted by Crippen LogP contribution is -2.43. The lowest BCUT2D eigenvalue weighted by atomic mass is 9.83. The minimum atomic E-state index is -1.23. The molecule has 1 aliphatic heterocycles. The molecule has 0 aromatic heterocycles. The van der Waals surface area contributed by atoms with Crippen LogP contribution in [0.25, 0.3) is 6.08 Å². The maximum atomic E-state index is 11.1. The Morgan fingerprint density at radius 1 is 1.40 bits per heavy atom. The van der Waals surface area contributed by atoms with Crippen molar-refractivity contribution in [3.05, 3.63) is 48.2 Å². The fourth-order valence-corrected chi connectivity index (χ4v) is 3.83. The average molecular weight is 346 g/mol. The summed E-state index contributed by atoms with van der Waals surface area (Å²) >= 11 is 0. The first kappa shape index (κ1) is 17.7. The standard InChI is InChI=1S/C19H22O6/c1-12(9-20)16-8-14(19(23)11-25-18(22)17(16)19)10-24-7-6-13-2-4-15(21)5-3-13/h2-7,9,14,16-18,21-23H,1,8,10-11H2. The summed E-state index contributed by atoms with van der Waals surface area (Å²) in [4.78, 5) is 11.1. The van der Waals surface area contributed by atoms with Crippen molar-refractivity contribution in [3.8, 4) is 5.75 Å². The van der Waals surface area contributed by atoms with Gasteiger partial charge < -0.3 is 24.8 Å². The molecule has 5 atom stereocenters. The van der Waals surface area contributed by atoms with Crippen molar-refractivity contribution >= 4 is 12.4 Å². The number of allylic oxidation sites excluding steroid dienone is 1. The van der Waals surface area contributed by atoms with Crippen molar-refractivity contribution in [2.24, 2.45) is 17.8 Å². The number of phenols is 1. The Labute approximate surface area is 146 Å². The van der Waals surface area contributed by atoms with Crippen LogP contribution in [0.2, 0.25) is 0 Å². The highest BCUT2D eigenvalue weighted by molar-refractivity contribution is 5.73. The molecule has 0 amide bonds. The number of aliphatic hydroxyl groups is 2. The Bertz CT molecular complexity index is 667. The van der Waals surface area contributed by atoms with Gasteiger partial charge in [-0.25, -0.2) is 0 Å². The topological polar surface area (TPSA) is 96.2 Å². The molecule has 6 heteroatoms. The summed E-state index contributed by atoms with van der Waals surface area (Å²) in [7, 11) is 0. The molecule has 2 aliphatic rings. The number of carbonyl (C=O) groups is 1. The first-order valence-electron chi connectivity index (χ1n) is 8.19. The minimum Gasteiger partial charge on any atom is -0.508 e. The van der Waals surface area contributed by atoms with E-state index in [1.54, 1.807) is 30.3 Å². The van der Waals surface area contributed by atoms with Crippen LogP contribution in [-0.4, -0.2) is 46.7 Å². The van der Waals surface area contributed by atoms with E-state index in [0.29, 0.717) is 18.3 Å². The van der Waals surface area contributed by atoms with E-state index in [1.807, 2.05) is 0 Å². The van der Waals surface area contributed by atoms with Crippen molar-refractivity contribution < 1.29 is 29.6 Å². The predicted octanol–water partition coefficient (Wildman–Crippen LogP) is 1.47. The molecule has 0 radical (unpaired) electrons. The van der Waals surface area contributed by atoms with E-state index in [4.69, 9.17) is 9.47 Å². The number of phenolic OH excluding ortho intramolecular Hbond substituents is 1. The monoisotopic (exact) mass is 346 g/mol. The zero-order valence-corrected chi connectivity index (χ0v) is 13.7. The molecule has 6 nitrogen and oxygen atoms in total. The number of carbonyl (C=O) groups excluding carboxylic acids is 1. The van der Waals surface area contributed by atoms with Crippen LogP contribution in [0.3, 0.4) is 0 Å². The molecule has 3 N–H and O–H groups in total. The first-order chi connectivity index (χ1) is 12.0. The maximum Gasteiger partial charge on any atom is 0.160 e. The molecule has 134 valence electrons. The van der Waals surface area contributed by atoms with Crippen LogP contribution in [0.15, 0.2) is 42.7 Å². The van der Waals surface area contributed by atoms with Gasteiger partial charge in [-0.1, -0.05) is 18.7 Å². The summed E-state index contributed by atoms with van der Waals surface area (Å²) < 4.78 is 10.8. The second-order valence-corrected chi connectivity index (χ2v) is 6.68. The molecule has 0 bridgehead atoms. The van der Waals surface area contributed by atoms with E-state index in [-0.39, 0.29) is 30.8 Å². The van der Waals surface area contributed by atoms with E-state index in [9.17, 15) is 20.1 Å². The van der Waals surface area contributed by atoms with Crippen LogP contribution in [0.5, 0.6) is 5.75 Å². The van der Waals surface area contributed by atoms with Crippen LogP contribution in [0, 0.1) is 17.8 Å². The SMILES string of the molecule is C=C(C=O)C1CC(COC=Cc2ccc(O)cc2)C2(O)COC(O)C12. The molecule has 0 spiro atoms. The molecule has 1 aromatic rings. The van der Waals surface area contributed by atoms with E-state index < -0.39 is 17.8 Å². The number of ether oxygens (including phenoxy) is 2. The second-order valence-electron chi connectivity index (χ2n) is 6.68. The highest BCUT2D eigenvalue weighted by Crippen LogP contribution is 2.52. The average Bonchev–Trinajstić information content (AvgIpc) is 3.07. The van der Waals surface area contributed by atoms with E-state index >= 15 is 0 Å². The third-order valence-corrected chi connectivity index (χ3v) is 5.22. The number of fused-ring (bicyclic) bond motifs is 1. The van der Waals surface area contributed by atoms with Gasteiger partial charge in [0, 0.05) is 11.8 Å². The lowest BCUT2D eigenvalue weighted by Gasteiger charge is -2.28. The molecule has 1 saturated carbocycles. The Balaban J connectivity index is 1.65. The molecule has 2 fully saturated rings. The van der Waals surface area contributed by atoms with Crippen molar-refractivity contribution in [2.75, 3.05) is 13.2 Å². The van der Waals surface area contributed by atoms with Gasteiger partial charge in [0.05, 0.1) is 19.5 Å². The molecule has 1 heterocycles. The molecule has 3 rings (SSSR count). The summed E-state index contributed by atoms with van der Waals surface area (Å²) in [5.41, 5.74) is -0.00895. The first-order valence-corrected chi connectivity index (χ1v) is 8.19. The highest BCUT2D eigenvalue weighted by atomic mass is 16.6. The quantitative estimate of drug-likeness (QED) is 0.410. The van der Waals surface area contributed by atoms with E-state index in [0.717, 1.165) is 5.56 Å². The summed E-state index contributed by atoms with van der Waals surface area (Å²) in [6, 6.07) is 6.66. The van der Waals surface area contributed by atoms with Gasteiger partial charge in [0.15, 0.2) is 6.29 Å². The van der Waals surface area contributed by atoms with E-state index in [2.05, 4.69) is 6.58 Å². The Morgan fingerprint density at radius 2 is 2.12 bits per heavy atom. The molecule has 1 saturated heterocycles. The van der Waals surface area contributed by atoms with Gasteiger partial charge in [-0.15, -0.1) is 0 Å². The molecule has 5 unspecified atom stereocenters. The second kappa shape index (κ2) is 7.00. The van der Waals surface area contributed by atoms with Crippen LogP contribution in [0.1, 0.15) is 12.0 Å². The van der Waals surface area contributed by atoms with Gasteiger partial charge in [-0.05, 0) is 41.7 Å². The number of rotatable bonds is 6. The maximum absolute atomic E-state index is 11.1. The third kappa shape index (κ3) is 3.33. The van der Waals surface area contributed by atoms with Crippen LogP contribution in [-0.2, 0) is 14.3 Å². The zero-order valence-electron chi connectivity index (χ0n) is 13.7. The number of aromatic hydroxyl groups is 1. The van der Waals surface area contributed by atoms with Crippen molar-refractivity contribution in [3.63, 3.8) is 0 Å². The third-order valence-electron chi connectivity index (χ3n) is 5.22. The smallest absolute Gasteiger partial charge is 0.160 e. The Hall–Kier alpha value is -2.15. The summed E-state index contributed by atoms with van der Waals surface area (Å²) in [6.45, 7) is 3.99. The molecule has 1 aromatic carbocycles. The number of aliphatic hydroxyl groups excluding tert-OH is 1. The van der Waals surface area contributed by atoms with Crippen LogP contribution < -0.4 is 0 Å². The normalized spacial score (nSPS) is 34.2. The Kier molecular flexibility index (Phi) is 4.94. The molecule has 25 heavy (non-hydrogen) atoms. The highest BCUT2D eigenvalue weighted by Gasteiger charge is 2.61. The fourth-order valence-electron chi connectivity index (χ4n) is 3.83. The predicted molar refractivity (Wildman–Crippen MR) is 90.3 cm³/mol. The van der Waals surface area contributed by atoms with Gasteiger partial charge in [-0.2, -0.15) is 0 Å². The summed E-state index contributed by atoms with van der Waals surface area (Å²) in [5, 5.41) is 30.2. The number of benzene rings is 1. The minimum absolute atomic E-state index is 0.0111. The molecular formula is C19H22O6. The van der Waals surface area contributed by atoms with Crippen molar-refractivity contribution in [1.29, 1.82) is 0 Å². The largest absolute Gasteiger partial charge is 0.508 e. The van der Waals surface area contributed by atoms with Crippen molar-refractivity contribution in [2.45, 2.75) is 18.3 Å². The number of hydrogen-bond donors (Lipinski definition) is 3. The van der Waals surface area contributed by atoms with Crippen LogP contribution in [0.4, 0.5) is 0 Å². The fraction of sp³-hybridized carbons (Fsp3) is 0.421. The molecule has 1 aliphatic carbocycles.